The molecule has 0 amide bonds. The number of aromatic nitrogens is 2. The smallest absolute Gasteiger partial charge is 0.248 e. The number of benzene rings is 2. The predicted molar refractivity (Wildman–Crippen MR) is 195 cm³/mol. The van der Waals surface area contributed by atoms with Gasteiger partial charge in [-0.3, -0.25) is 4.79 Å². The lowest BCUT2D eigenvalue weighted by Crippen LogP contribution is -2.30. The molecule has 2 aromatic carbocycles. The summed E-state index contributed by atoms with van der Waals surface area (Å²) in [5.74, 6) is 2.40. The number of fused-ring (bicyclic) bond motifs is 2. The molecule has 0 unspecified atom stereocenters. The molecule has 2 saturated carbocycles. The van der Waals surface area contributed by atoms with Crippen molar-refractivity contribution in [2.45, 2.75) is 105 Å². The molecule has 2 fully saturated rings. The van der Waals surface area contributed by atoms with E-state index in [1.165, 1.54) is 31.7 Å². The molecule has 5 nitrogen and oxygen atoms in total. The number of aromatic amines is 1. The fraction of sp³-hybridized carbons (Fsp3) is 0.526. The zero-order valence-electron chi connectivity index (χ0n) is 27.7. The number of pyridine rings is 2. The first-order valence-corrected chi connectivity index (χ1v) is 18.0. The lowest BCUT2D eigenvalue weighted by molar-refractivity contribution is 0.0725. The van der Waals surface area contributed by atoms with Crippen LogP contribution >= 0.6 is 31.9 Å². The average Bonchev–Trinajstić information content (AvgIpc) is 2.98. The van der Waals surface area contributed by atoms with Crippen LogP contribution in [-0.2, 0) is 0 Å². The highest BCUT2D eigenvalue weighted by atomic mass is 79.9. The van der Waals surface area contributed by atoms with Crippen LogP contribution in [-0.4, -0.2) is 27.3 Å². The third-order valence-corrected chi connectivity index (χ3v) is 10.4. The summed E-state index contributed by atoms with van der Waals surface area (Å²) in [5.41, 5.74) is 2.65. The number of aliphatic hydroxyl groups excluding tert-OH is 1. The van der Waals surface area contributed by atoms with Crippen LogP contribution in [0.1, 0.15) is 92.9 Å². The van der Waals surface area contributed by atoms with E-state index in [0.29, 0.717) is 16.9 Å². The van der Waals surface area contributed by atoms with Crippen LogP contribution in [0.2, 0.25) is 0 Å². The number of rotatable bonds is 2. The lowest BCUT2D eigenvalue weighted by Gasteiger charge is -2.36. The monoisotopic (exact) mass is 740 g/mol. The van der Waals surface area contributed by atoms with Crippen LogP contribution in [0.15, 0.2) is 74.4 Å². The van der Waals surface area contributed by atoms with Gasteiger partial charge in [0.2, 0.25) is 11.4 Å². The maximum atomic E-state index is 10.9. The molecule has 45 heavy (non-hydrogen) atoms. The van der Waals surface area contributed by atoms with Crippen LogP contribution in [0.5, 0.6) is 5.88 Å². The van der Waals surface area contributed by atoms with E-state index in [-0.39, 0.29) is 11.7 Å². The summed E-state index contributed by atoms with van der Waals surface area (Å²) in [5, 5.41) is 11.5. The van der Waals surface area contributed by atoms with Crippen molar-refractivity contribution in [3.05, 3.63) is 80.0 Å². The molecule has 0 bridgehead atoms. The van der Waals surface area contributed by atoms with Gasteiger partial charge < -0.3 is 14.8 Å². The second-order valence-electron chi connectivity index (χ2n) is 14.9. The van der Waals surface area contributed by atoms with E-state index in [1.54, 1.807) is 6.07 Å². The van der Waals surface area contributed by atoms with Gasteiger partial charge in [-0.2, -0.15) is 0 Å². The maximum absolute atomic E-state index is 10.9. The first-order valence-electron chi connectivity index (χ1n) is 16.4. The molecule has 6 rings (SSSR count). The molecule has 244 valence electrons. The van der Waals surface area contributed by atoms with E-state index < -0.39 is 0 Å². The summed E-state index contributed by atoms with van der Waals surface area (Å²) < 4.78 is 8.23. The molecule has 0 radical (unpaired) electrons. The Hall–Kier alpha value is -2.22. The molecule has 0 saturated heterocycles. The zero-order valence-corrected chi connectivity index (χ0v) is 30.9. The standard InChI is InChI=1S/C19H24BrNO.C10H20O.C9H6BrNO/c1-19(2,3)14-5-8-16(9-6-14)22-18-11-4-13-12-15(20)7-10-17(13)21-18;1-10(2,3)8-4-6-9(11)7-5-8;10-7-2-3-8-6(5-7)1-4-9(12)11-8/h4,7,10-12,14,16H,5-6,8-9H2,1-3H3;8-9,11H,4-7H2,1-3H3;1-5H,(H,11,12). The van der Waals surface area contributed by atoms with Gasteiger partial charge in [0.15, 0.2) is 0 Å². The Balaban J connectivity index is 0.000000169. The Morgan fingerprint density at radius 3 is 1.84 bits per heavy atom. The average molecular weight is 743 g/mol. The van der Waals surface area contributed by atoms with Crippen molar-refractivity contribution in [2.75, 3.05) is 0 Å². The van der Waals surface area contributed by atoms with E-state index in [4.69, 9.17) is 4.74 Å². The summed E-state index contributed by atoms with van der Waals surface area (Å²) in [7, 11) is 0. The molecule has 2 aliphatic rings. The molecule has 0 atom stereocenters. The molecule has 2 aliphatic carbocycles. The molecular weight excluding hydrogens is 692 g/mol. The van der Waals surface area contributed by atoms with Crippen molar-refractivity contribution in [3.63, 3.8) is 0 Å². The fourth-order valence-corrected chi connectivity index (χ4v) is 7.19. The highest BCUT2D eigenvalue weighted by molar-refractivity contribution is 9.10. The van der Waals surface area contributed by atoms with Gasteiger partial charge in [-0.25, -0.2) is 4.98 Å². The third kappa shape index (κ3) is 10.9. The molecule has 2 aromatic heterocycles. The largest absolute Gasteiger partial charge is 0.474 e. The second kappa shape index (κ2) is 15.6. The van der Waals surface area contributed by atoms with Crippen molar-refractivity contribution in [3.8, 4) is 5.88 Å². The second-order valence-corrected chi connectivity index (χ2v) is 16.7. The summed E-state index contributed by atoms with van der Waals surface area (Å²) in [6, 6.07) is 19.3. The Morgan fingerprint density at radius 1 is 0.711 bits per heavy atom. The van der Waals surface area contributed by atoms with E-state index in [0.717, 1.165) is 74.2 Å². The summed E-state index contributed by atoms with van der Waals surface area (Å²) in [4.78, 5) is 18.3. The van der Waals surface area contributed by atoms with Gasteiger partial charge in [0.1, 0.15) is 6.10 Å². The molecule has 7 heteroatoms. The van der Waals surface area contributed by atoms with Crippen LogP contribution in [0.25, 0.3) is 21.8 Å². The molecule has 0 aliphatic heterocycles. The number of aliphatic hydroxyl groups is 1. The Labute approximate surface area is 285 Å². The fourth-order valence-electron chi connectivity index (χ4n) is 6.43. The van der Waals surface area contributed by atoms with Crippen molar-refractivity contribution in [1.29, 1.82) is 0 Å². The Bertz CT molecular complexity index is 1590. The maximum Gasteiger partial charge on any atom is 0.248 e. The number of nitrogens with one attached hydrogen (secondary N) is 1. The third-order valence-electron chi connectivity index (χ3n) is 9.42. The van der Waals surface area contributed by atoms with Crippen molar-refractivity contribution in [1.82, 2.24) is 9.97 Å². The SMILES string of the molecule is CC(C)(C)C1CCC(O)CC1.CC(C)(C)C1CCC(Oc2ccc3cc(Br)ccc3n2)CC1.O=c1ccc2cc(Br)ccc2[nH]1. The first kappa shape index (κ1) is 35.6. The molecule has 4 aromatic rings. The minimum absolute atomic E-state index is 0.00593. The van der Waals surface area contributed by atoms with Gasteiger partial charge >= 0.3 is 0 Å². The highest BCUT2D eigenvalue weighted by Crippen LogP contribution is 2.39. The lowest BCUT2D eigenvalue weighted by atomic mass is 9.72. The molecule has 2 N–H and O–H groups in total. The minimum atomic E-state index is -0.0650. The van der Waals surface area contributed by atoms with Crippen LogP contribution in [0.4, 0.5) is 0 Å². The predicted octanol–water partition coefficient (Wildman–Crippen LogP) is 10.9. The van der Waals surface area contributed by atoms with E-state index >= 15 is 0 Å². The van der Waals surface area contributed by atoms with Crippen molar-refractivity contribution >= 4 is 53.7 Å². The summed E-state index contributed by atoms with van der Waals surface area (Å²) in [6.07, 6.45) is 9.57. The van der Waals surface area contributed by atoms with Crippen molar-refractivity contribution < 1.29 is 9.84 Å². The van der Waals surface area contributed by atoms with Crippen molar-refractivity contribution in [2.24, 2.45) is 22.7 Å². The van der Waals surface area contributed by atoms with E-state index in [9.17, 15) is 9.90 Å². The quantitative estimate of drug-likeness (QED) is 0.214. The van der Waals surface area contributed by atoms with E-state index in [1.807, 2.05) is 36.4 Å². The number of H-pyrrole nitrogens is 1. The van der Waals surface area contributed by atoms with Crippen LogP contribution < -0.4 is 10.3 Å². The van der Waals surface area contributed by atoms with Gasteiger partial charge in [0, 0.05) is 32.0 Å². The van der Waals surface area contributed by atoms with Crippen LogP contribution in [0, 0.1) is 22.7 Å². The Morgan fingerprint density at radius 2 is 1.24 bits per heavy atom. The number of hydrogen-bond acceptors (Lipinski definition) is 4. The van der Waals surface area contributed by atoms with Gasteiger partial charge in [-0.05, 0) is 128 Å². The first-order chi connectivity index (χ1) is 21.2. The minimum Gasteiger partial charge on any atom is -0.474 e. The van der Waals surface area contributed by atoms with Gasteiger partial charge in [-0.1, -0.05) is 73.4 Å². The summed E-state index contributed by atoms with van der Waals surface area (Å²) >= 11 is 6.85. The molecule has 2 heterocycles. The number of halogens is 2. The number of ether oxygens (including phenoxy) is 1. The topological polar surface area (TPSA) is 75.2 Å². The molecule has 0 spiro atoms. The van der Waals surface area contributed by atoms with Gasteiger partial charge in [0.25, 0.3) is 0 Å². The van der Waals surface area contributed by atoms with Crippen LogP contribution in [0.3, 0.4) is 0 Å². The van der Waals surface area contributed by atoms with E-state index in [2.05, 4.69) is 95.5 Å². The number of nitrogens with zero attached hydrogens (tertiary/aromatic N) is 1. The highest BCUT2D eigenvalue weighted by Gasteiger charge is 2.31. The van der Waals surface area contributed by atoms with Gasteiger partial charge in [0.05, 0.1) is 11.6 Å². The molecular formula is C38H50Br2N2O3. The zero-order chi connectivity index (χ0) is 32.8. The van der Waals surface area contributed by atoms with Gasteiger partial charge in [-0.15, -0.1) is 0 Å². The summed E-state index contributed by atoms with van der Waals surface area (Å²) in [6.45, 7) is 14.0. The normalized spacial score (nSPS) is 22.2. The Kier molecular flexibility index (Phi) is 12.3. The number of hydrogen-bond donors (Lipinski definition) is 2.